The molecule has 0 aliphatic carbocycles. The van der Waals surface area contributed by atoms with E-state index >= 15 is 0 Å². The summed E-state index contributed by atoms with van der Waals surface area (Å²) in [6.07, 6.45) is 0.992. The lowest BCUT2D eigenvalue weighted by Crippen LogP contribution is -2.07. The average Bonchev–Trinajstić information content (AvgIpc) is 2.88. The van der Waals surface area contributed by atoms with Crippen molar-refractivity contribution in [2.45, 2.75) is 20.3 Å². The molecule has 1 heterocycles. The number of carbonyl (C=O) groups is 1. The molecule has 0 aliphatic rings. The van der Waals surface area contributed by atoms with E-state index in [4.69, 9.17) is 14.6 Å². The molecule has 2 rings (SSSR count). The van der Waals surface area contributed by atoms with Crippen LogP contribution in [0.4, 0.5) is 0 Å². The molecule has 6 heteroatoms. The predicted molar refractivity (Wildman–Crippen MR) is 85.9 cm³/mol. The molecule has 0 radical (unpaired) electrons. The molecule has 0 unspecified atom stereocenters. The van der Waals surface area contributed by atoms with E-state index < -0.39 is 5.97 Å². The highest BCUT2D eigenvalue weighted by Gasteiger charge is 2.11. The van der Waals surface area contributed by atoms with Gasteiger partial charge in [0.2, 0.25) is 5.88 Å². The fourth-order valence-electron chi connectivity index (χ4n) is 1.84. The van der Waals surface area contributed by atoms with Gasteiger partial charge in [-0.05, 0) is 25.5 Å². The molecule has 0 fully saturated rings. The van der Waals surface area contributed by atoms with Crippen molar-refractivity contribution < 1.29 is 19.4 Å². The number of aromatic carboxylic acids is 1. The van der Waals surface area contributed by atoms with Crippen LogP contribution >= 0.6 is 11.3 Å². The van der Waals surface area contributed by atoms with Crippen molar-refractivity contribution in [1.29, 1.82) is 0 Å². The van der Waals surface area contributed by atoms with Crippen molar-refractivity contribution in [3.8, 4) is 16.5 Å². The van der Waals surface area contributed by atoms with E-state index in [1.165, 1.54) is 11.3 Å². The Morgan fingerprint density at radius 3 is 2.59 bits per heavy atom. The SMILES string of the molecule is CCCOCCOc1nc(-c2ccc(C(=O)O)cc2)sc1C. The number of thiazole rings is 1. The van der Waals surface area contributed by atoms with Gasteiger partial charge < -0.3 is 14.6 Å². The Labute approximate surface area is 133 Å². The van der Waals surface area contributed by atoms with Crippen molar-refractivity contribution >= 4 is 17.3 Å². The van der Waals surface area contributed by atoms with Gasteiger partial charge in [-0.2, -0.15) is 0 Å². The molecule has 0 amide bonds. The first kappa shape index (κ1) is 16.5. The van der Waals surface area contributed by atoms with Crippen LogP contribution in [0.1, 0.15) is 28.6 Å². The third-order valence-electron chi connectivity index (χ3n) is 2.95. The summed E-state index contributed by atoms with van der Waals surface area (Å²) in [5.41, 5.74) is 1.15. The zero-order valence-corrected chi connectivity index (χ0v) is 13.5. The van der Waals surface area contributed by atoms with Gasteiger partial charge >= 0.3 is 5.97 Å². The number of aryl methyl sites for hydroxylation is 1. The number of carboxylic acids is 1. The summed E-state index contributed by atoms with van der Waals surface area (Å²) in [7, 11) is 0. The molecule has 0 saturated carbocycles. The van der Waals surface area contributed by atoms with Crippen LogP contribution in [0, 0.1) is 6.92 Å². The lowest BCUT2D eigenvalue weighted by Gasteiger charge is -2.04. The molecule has 0 spiro atoms. The highest BCUT2D eigenvalue weighted by Crippen LogP contribution is 2.31. The van der Waals surface area contributed by atoms with Crippen molar-refractivity contribution in [2.24, 2.45) is 0 Å². The Balaban J connectivity index is 2.00. The molecule has 118 valence electrons. The van der Waals surface area contributed by atoms with Gasteiger partial charge in [0.05, 0.1) is 17.0 Å². The summed E-state index contributed by atoms with van der Waals surface area (Å²) in [4.78, 5) is 16.3. The van der Waals surface area contributed by atoms with Crippen LogP contribution in [0.3, 0.4) is 0 Å². The molecule has 0 atom stereocenters. The number of aromatic nitrogens is 1. The fourth-order valence-corrected chi connectivity index (χ4v) is 2.70. The second-order valence-electron chi connectivity index (χ2n) is 4.72. The first-order valence-electron chi connectivity index (χ1n) is 7.13. The van der Waals surface area contributed by atoms with E-state index in [2.05, 4.69) is 11.9 Å². The van der Waals surface area contributed by atoms with E-state index in [0.717, 1.165) is 28.5 Å². The van der Waals surface area contributed by atoms with Gasteiger partial charge in [0.15, 0.2) is 0 Å². The van der Waals surface area contributed by atoms with Gasteiger partial charge in [0.25, 0.3) is 0 Å². The monoisotopic (exact) mass is 321 g/mol. The standard InChI is InChI=1S/C16H19NO4S/c1-3-8-20-9-10-21-14-11(2)22-15(17-14)12-4-6-13(7-5-12)16(18)19/h4-7H,3,8-10H2,1-2H3,(H,18,19). The van der Waals surface area contributed by atoms with Crippen molar-refractivity contribution in [2.75, 3.05) is 19.8 Å². The molecule has 0 aliphatic heterocycles. The van der Waals surface area contributed by atoms with Gasteiger partial charge in [-0.15, -0.1) is 11.3 Å². The summed E-state index contributed by atoms with van der Waals surface area (Å²) in [5, 5.41) is 9.73. The second kappa shape index (κ2) is 7.91. The van der Waals surface area contributed by atoms with Crippen LogP contribution < -0.4 is 4.74 Å². The van der Waals surface area contributed by atoms with E-state index in [0.29, 0.717) is 19.1 Å². The maximum atomic E-state index is 10.9. The number of hydrogen-bond acceptors (Lipinski definition) is 5. The van der Waals surface area contributed by atoms with E-state index in [9.17, 15) is 4.79 Å². The highest BCUT2D eigenvalue weighted by molar-refractivity contribution is 7.15. The topological polar surface area (TPSA) is 68.7 Å². The molecule has 22 heavy (non-hydrogen) atoms. The molecule has 0 saturated heterocycles. The van der Waals surface area contributed by atoms with Gasteiger partial charge in [0, 0.05) is 12.2 Å². The zero-order valence-electron chi connectivity index (χ0n) is 12.7. The van der Waals surface area contributed by atoms with Crippen LogP contribution in [-0.4, -0.2) is 35.9 Å². The van der Waals surface area contributed by atoms with Gasteiger partial charge in [0.1, 0.15) is 11.6 Å². The first-order chi connectivity index (χ1) is 10.6. The number of benzene rings is 1. The molecule has 1 aromatic heterocycles. The minimum atomic E-state index is -0.932. The average molecular weight is 321 g/mol. The summed E-state index contributed by atoms with van der Waals surface area (Å²) < 4.78 is 11.0. The molecular formula is C16H19NO4S. The van der Waals surface area contributed by atoms with E-state index in [-0.39, 0.29) is 5.56 Å². The largest absolute Gasteiger partial charge is 0.478 e. The van der Waals surface area contributed by atoms with Crippen molar-refractivity contribution in [3.05, 3.63) is 34.7 Å². The molecule has 1 N–H and O–H groups in total. The molecule has 0 bridgehead atoms. The van der Waals surface area contributed by atoms with Crippen LogP contribution in [0.25, 0.3) is 10.6 Å². The van der Waals surface area contributed by atoms with Crippen LogP contribution in [0.2, 0.25) is 0 Å². The van der Waals surface area contributed by atoms with E-state index in [1.54, 1.807) is 24.3 Å². The molecule has 2 aromatic rings. The van der Waals surface area contributed by atoms with Gasteiger partial charge in [-0.1, -0.05) is 19.1 Å². The van der Waals surface area contributed by atoms with Crippen LogP contribution in [-0.2, 0) is 4.74 Å². The predicted octanol–water partition coefficient (Wildman–Crippen LogP) is 3.62. The van der Waals surface area contributed by atoms with E-state index in [1.807, 2.05) is 6.92 Å². The highest BCUT2D eigenvalue weighted by atomic mass is 32.1. The van der Waals surface area contributed by atoms with Gasteiger partial charge in [-0.25, -0.2) is 9.78 Å². The number of hydrogen-bond donors (Lipinski definition) is 1. The maximum Gasteiger partial charge on any atom is 0.335 e. The molecule has 5 nitrogen and oxygen atoms in total. The summed E-state index contributed by atoms with van der Waals surface area (Å²) >= 11 is 1.53. The Hall–Kier alpha value is -1.92. The quantitative estimate of drug-likeness (QED) is 0.752. The van der Waals surface area contributed by atoms with Gasteiger partial charge in [-0.3, -0.25) is 0 Å². The van der Waals surface area contributed by atoms with Crippen LogP contribution in [0.15, 0.2) is 24.3 Å². The molecular weight excluding hydrogens is 302 g/mol. The van der Waals surface area contributed by atoms with Crippen molar-refractivity contribution in [3.63, 3.8) is 0 Å². The number of rotatable bonds is 8. The van der Waals surface area contributed by atoms with Crippen LogP contribution in [0.5, 0.6) is 5.88 Å². The fraction of sp³-hybridized carbons (Fsp3) is 0.375. The minimum Gasteiger partial charge on any atom is -0.478 e. The summed E-state index contributed by atoms with van der Waals surface area (Å²) in [6.45, 7) is 5.78. The Bertz CT molecular complexity index is 622. The number of ether oxygens (including phenoxy) is 2. The second-order valence-corrected chi connectivity index (χ2v) is 5.93. The zero-order chi connectivity index (χ0) is 15.9. The summed E-state index contributed by atoms with van der Waals surface area (Å²) in [6, 6.07) is 6.67. The lowest BCUT2D eigenvalue weighted by molar-refractivity contribution is 0.0697. The summed E-state index contributed by atoms with van der Waals surface area (Å²) in [5.74, 6) is -0.319. The minimum absolute atomic E-state index is 0.265. The third kappa shape index (κ3) is 4.29. The lowest BCUT2D eigenvalue weighted by atomic mass is 10.1. The van der Waals surface area contributed by atoms with Crippen molar-refractivity contribution in [1.82, 2.24) is 4.98 Å². The maximum absolute atomic E-state index is 10.9. The smallest absolute Gasteiger partial charge is 0.335 e. The Kier molecular flexibility index (Phi) is 5.91. The number of carboxylic acid groups (broad SMARTS) is 1. The first-order valence-corrected chi connectivity index (χ1v) is 7.95. The Morgan fingerprint density at radius 1 is 1.23 bits per heavy atom. The Morgan fingerprint density at radius 2 is 1.95 bits per heavy atom. The third-order valence-corrected chi connectivity index (χ3v) is 3.95. The number of nitrogens with zero attached hydrogens (tertiary/aromatic N) is 1. The molecule has 1 aromatic carbocycles. The normalized spacial score (nSPS) is 10.6.